The number of imidazole rings is 1. The molecule has 0 fully saturated rings. The number of aromatic nitrogens is 2. The summed E-state index contributed by atoms with van der Waals surface area (Å²) >= 11 is 6.30. The van der Waals surface area contributed by atoms with Gasteiger partial charge in [0.25, 0.3) is 10.0 Å². The molecule has 0 aliphatic rings. The third-order valence-electron chi connectivity index (χ3n) is 6.22. The fourth-order valence-electron chi connectivity index (χ4n) is 4.04. The predicted octanol–water partition coefficient (Wildman–Crippen LogP) is 3.57. The number of hydrogen-bond acceptors (Lipinski definition) is 5. The molecule has 3 N–H and O–H groups in total. The van der Waals surface area contributed by atoms with Crippen LogP contribution in [0.1, 0.15) is 34.2 Å². The van der Waals surface area contributed by atoms with Crippen LogP contribution in [0.15, 0.2) is 65.6 Å². The number of nitrogens with zero attached hydrogens (tertiary/aromatic N) is 3. The normalized spacial score (nSPS) is 11.2. The van der Waals surface area contributed by atoms with Crippen molar-refractivity contribution in [3.8, 4) is 5.69 Å². The van der Waals surface area contributed by atoms with Gasteiger partial charge < -0.3 is 10.6 Å². The van der Waals surface area contributed by atoms with Crippen molar-refractivity contribution in [2.24, 2.45) is 5.73 Å². The SMILES string of the molecule is CCc1nc2cc(C(N)=O)c(Cl)cc2n1-c1ccc(CCN(C)C(=O)NS(=O)(=O)c2ccc(C)cc2)cc1.[NaH]. The number of hydrogen-bond donors (Lipinski definition) is 2. The van der Waals surface area contributed by atoms with Crippen LogP contribution in [0.4, 0.5) is 4.79 Å². The third kappa shape index (κ3) is 6.82. The Morgan fingerprint density at radius 1 is 1.08 bits per heavy atom. The Morgan fingerprint density at radius 3 is 2.31 bits per heavy atom. The molecule has 0 spiro atoms. The Hall–Kier alpha value is -2.89. The molecule has 4 aromatic rings. The van der Waals surface area contributed by atoms with E-state index in [9.17, 15) is 18.0 Å². The van der Waals surface area contributed by atoms with Crippen molar-refractivity contribution in [3.63, 3.8) is 0 Å². The van der Waals surface area contributed by atoms with E-state index in [0.29, 0.717) is 24.9 Å². The van der Waals surface area contributed by atoms with Crippen molar-refractivity contribution < 1.29 is 18.0 Å². The van der Waals surface area contributed by atoms with Crippen molar-refractivity contribution in [3.05, 3.63) is 88.2 Å². The molecule has 0 unspecified atom stereocenters. The maximum absolute atomic E-state index is 12.5. The first-order valence-electron chi connectivity index (χ1n) is 11.9. The number of aryl methyl sites for hydroxylation is 2. The number of benzene rings is 3. The summed E-state index contributed by atoms with van der Waals surface area (Å²) in [5.74, 6) is 0.192. The summed E-state index contributed by atoms with van der Waals surface area (Å²) in [6, 6.07) is 16.6. The Bertz CT molecular complexity index is 1620. The molecule has 0 atom stereocenters. The van der Waals surface area contributed by atoms with Crippen LogP contribution in [0.25, 0.3) is 16.7 Å². The number of carbonyl (C=O) groups excluding carboxylic acids is 2. The second-order valence-electron chi connectivity index (χ2n) is 8.96. The van der Waals surface area contributed by atoms with Gasteiger partial charge in [-0.15, -0.1) is 0 Å². The standard InChI is InChI=1S/C27H28ClN5O4S.Na.H/c1-4-25-30-23-15-21(26(29)34)22(28)16-24(23)33(25)19-9-7-18(8-10-19)13-14-32(3)27(35)31-38(36,37)20-11-5-17(2)6-12-20;;/h5-12,15-16H,4,13-14H2,1-3H3,(H2,29,34)(H,31,35);;. The molecular formula is C27H29ClN5NaO4S. The number of sulfonamides is 1. The zero-order chi connectivity index (χ0) is 27.6. The molecule has 3 aromatic carbocycles. The summed E-state index contributed by atoms with van der Waals surface area (Å²) < 4.78 is 29.1. The molecule has 0 bridgehead atoms. The molecule has 4 rings (SSSR count). The van der Waals surface area contributed by atoms with E-state index in [-0.39, 0.29) is 45.0 Å². The van der Waals surface area contributed by atoms with Gasteiger partial charge in [-0.2, -0.15) is 0 Å². The van der Waals surface area contributed by atoms with E-state index in [2.05, 4.69) is 9.71 Å². The van der Waals surface area contributed by atoms with Gasteiger partial charge in [-0.25, -0.2) is 22.9 Å². The number of nitrogens with one attached hydrogen (secondary N) is 1. The van der Waals surface area contributed by atoms with Gasteiger partial charge in [0.15, 0.2) is 0 Å². The quantitative estimate of drug-likeness (QED) is 0.310. The van der Waals surface area contributed by atoms with Crippen LogP contribution in [0.2, 0.25) is 5.02 Å². The van der Waals surface area contributed by atoms with E-state index in [1.54, 1.807) is 31.3 Å². The molecule has 3 amide bonds. The van der Waals surface area contributed by atoms with E-state index in [4.69, 9.17) is 17.3 Å². The second-order valence-corrected chi connectivity index (χ2v) is 11.1. The van der Waals surface area contributed by atoms with E-state index in [0.717, 1.165) is 28.2 Å². The van der Waals surface area contributed by atoms with E-state index in [1.165, 1.54) is 17.0 Å². The van der Waals surface area contributed by atoms with Crippen molar-refractivity contribution in [2.75, 3.05) is 13.6 Å². The van der Waals surface area contributed by atoms with Gasteiger partial charge >= 0.3 is 35.6 Å². The molecule has 1 heterocycles. The average Bonchev–Trinajstić information content (AvgIpc) is 3.24. The van der Waals surface area contributed by atoms with Gasteiger partial charge in [-0.1, -0.05) is 48.4 Å². The Morgan fingerprint density at radius 2 is 1.72 bits per heavy atom. The first-order chi connectivity index (χ1) is 18.0. The molecule has 200 valence electrons. The van der Waals surface area contributed by atoms with Gasteiger partial charge in [0.1, 0.15) is 5.82 Å². The average molecular weight is 578 g/mol. The van der Waals surface area contributed by atoms with Crippen LogP contribution < -0.4 is 10.5 Å². The minimum absolute atomic E-state index is 0. The van der Waals surface area contributed by atoms with Crippen LogP contribution in [-0.4, -0.2) is 78.0 Å². The van der Waals surface area contributed by atoms with Crippen LogP contribution >= 0.6 is 11.6 Å². The number of halogens is 1. The molecule has 0 aliphatic carbocycles. The van der Waals surface area contributed by atoms with Crippen molar-refractivity contribution >= 4 is 74.2 Å². The summed E-state index contributed by atoms with van der Waals surface area (Å²) in [6.07, 6.45) is 1.18. The topological polar surface area (TPSA) is 127 Å². The maximum atomic E-state index is 12.5. The number of fused-ring (bicyclic) bond motifs is 1. The molecule has 39 heavy (non-hydrogen) atoms. The monoisotopic (exact) mass is 577 g/mol. The Kier molecular flexibility index (Phi) is 9.84. The Labute approximate surface area is 254 Å². The van der Waals surface area contributed by atoms with E-state index in [1.807, 2.05) is 42.7 Å². The minimum atomic E-state index is -3.96. The fourth-order valence-corrected chi connectivity index (χ4v) is 5.29. The summed E-state index contributed by atoms with van der Waals surface area (Å²) in [4.78, 5) is 30.2. The predicted molar refractivity (Wildman–Crippen MR) is 154 cm³/mol. The van der Waals surface area contributed by atoms with Gasteiger partial charge in [0.05, 0.1) is 26.5 Å². The summed E-state index contributed by atoms with van der Waals surface area (Å²) in [5.41, 5.74) is 9.78. The molecule has 0 saturated heterocycles. The van der Waals surface area contributed by atoms with E-state index < -0.39 is 22.0 Å². The number of rotatable bonds is 8. The number of carbonyl (C=O) groups is 2. The second kappa shape index (κ2) is 12.5. The number of urea groups is 1. The van der Waals surface area contributed by atoms with Crippen LogP contribution in [0.3, 0.4) is 0 Å². The summed E-state index contributed by atoms with van der Waals surface area (Å²) in [5, 5.41) is 0.260. The number of primary amides is 1. The number of amides is 3. The van der Waals surface area contributed by atoms with Crippen molar-refractivity contribution in [2.45, 2.75) is 31.6 Å². The zero-order valence-electron chi connectivity index (χ0n) is 21.2. The van der Waals surface area contributed by atoms with Crippen molar-refractivity contribution in [1.82, 2.24) is 19.2 Å². The van der Waals surface area contributed by atoms with Crippen LogP contribution in [-0.2, 0) is 22.9 Å². The number of likely N-dealkylation sites (N-methyl/N-ethyl adjacent to an activating group) is 1. The molecule has 1 aromatic heterocycles. The first-order valence-corrected chi connectivity index (χ1v) is 13.8. The van der Waals surface area contributed by atoms with Crippen LogP contribution in [0, 0.1) is 6.92 Å². The molecule has 0 saturated carbocycles. The zero-order valence-corrected chi connectivity index (χ0v) is 22.8. The molecular weight excluding hydrogens is 549 g/mol. The van der Waals surface area contributed by atoms with E-state index >= 15 is 0 Å². The van der Waals surface area contributed by atoms with Crippen molar-refractivity contribution in [1.29, 1.82) is 0 Å². The molecule has 9 nitrogen and oxygen atoms in total. The molecule has 0 aliphatic heterocycles. The summed E-state index contributed by atoms with van der Waals surface area (Å²) in [6.45, 7) is 4.16. The fraction of sp³-hybridized carbons (Fsp3) is 0.222. The van der Waals surface area contributed by atoms with Gasteiger partial charge in [0, 0.05) is 25.7 Å². The Balaban J connectivity index is 0.00000420. The van der Waals surface area contributed by atoms with Crippen LogP contribution in [0.5, 0.6) is 0 Å². The van der Waals surface area contributed by atoms with Gasteiger partial charge in [0.2, 0.25) is 5.91 Å². The summed E-state index contributed by atoms with van der Waals surface area (Å²) in [7, 11) is -2.41. The van der Waals surface area contributed by atoms with Gasteiger partial charge in [-0.05, 0) is 55.3 Å². The molecule has 0 radical (unpaired) electrons. The first kappa shape index (κ1) is 30.6. The number of nitrogens with two attached hydrogens (primary N) is 1. The van der Waals surface area contributed by atoms with Gasteiger partial charge in [-0.3, -0.25) is 9.36 Å². The third-order valence-corrected chi connectivity index (χ3v) is 7.87. The molecule has 12 heteroatoms.